The van der Waals surface area contributed by atoms with Gasteiger partial charge in [0.05, 0.1) is 30.2 Å². The number of aliphatic hydroxyl groups excluding tert-OH is 1. The van der Waals surface area contributed by atoms with Gasteiger partial charge in [0.1, 0.15) is 6.73 Å². The Hall–Kier alpha value is -3.84. The summed E-state index contributed by atoms with van der Waals surface area (Å²) in [7, 11) is 1.46. The van der Waals surface area contributed by atoms with Crippen molar-refractivity contribution in [1.82, 2.24) is 19.5 Å². The number of nitrogens with two attached hydrogens (primary N) is 1. The number of aromatic nitrogens is 4. The third kappa shape index (κ3) is 4.26. The van der Waals surface area contributed by atoms with Crippen LogP contribution in [0.4, 0.5) is 22.1 Å². The van der Waals surface area contributed by atoms with Crippen molar-refractivity contribution in [3.05, 3.63) is 40.2 Å². The van der Waals surface area contributed by atoms with Gasteiger partial charge in [0.25, 0.3) is 11.6 Å². The lowest BCUT2D eigenvalue weighted by Gasteiger charge is -2.18. The number of imidazole rings is 1. The van der Waals surface area contributed by atoms with Crippen LogP contribution in [-0.2, 0) is 11.5 Å². The molecule has 13 heteroatoms. The summed E-state index contributed by atoms with van der Waals surface area (Å²) in [6.07, 6.45) is 0.620. The first-order chi connectivity index (χ1) is 14.3. The van der Waals surface area contributed by atoms with E-state index >= 15 is 0 Å². The molecule has 0 unspecified atom stereocenters. The highest BCUT2D eigenvalue weighted by molar-refractivity contribution is 5.91. The van der Waals surface area contributed by atoms with Gasteiger partial charge >= 0.3 is 6.09 Å². The molecule has 0 saturated carbocycles. The number of non-ortho nitro benzene ring substituents is 1. The van der Waals surface area contributed by atoms with E-state index in [0.717, 1.165) is 0 Å². The predicted octanol–water partition coefficient (Wildman–Crippen LogP) is 1.23. The molecule has 1 amide bonds. The molecule has 158 valence electrons. The van der Waals surface area contributed by atoms with Gasteiger partial charge in [0, 0.05) is 19.2 Å². The molecule has 2 heterocycles. The minimum atomic E-state index is -0.794. The monoisotopic (exact) mass is 417 g/mol. The Morgan fingerprint density at radius 1 is 1.40 bits per heavy atom. The molecule has 0 aliphatic heterocycles. The number of carbonyl (C=O) groups is 1. The number of nitrogen functional groups attached to an aromatic ring is 1. The van der Waals surface area contributed by atoms with Crippen LogP contribution < -0.4 is 15.4 Å². The number of nitrogens with zero attached hydrogens (tertiary/aromatic N) is 6. The molecule has 13 nitrogen and oxygen atoms in total. The zero-order valence-corrected chi connectivity index (χ0v) is 16.2. The molecule has 0 aliphatic carbocycles. The van der Waals surface area contributed by atoms with Gasteiger partial charge in [0.15, 0.2) is 11.2 Å². The third-order valence-electron chi connectivity index (χ3n) is 4.13. The number of aliphatic hydroxyl groups is 1. The fourth-order valence-electron chi connectivity index (χ4n) is 2.71. The summed E-state index contributed by atoms with van der Waals surface area (Å²) in [5, 5.41) is 19.7. The van der Waals surface area contributed by atoms with E-state index < -0.39 is 11.0 Å². The number of carbonyl (C=O) groups excluding carboxylic acids is 1. The number of benzene rings is 1. The zero-order valence-electron chi connectivity index (χ0n) is 16.2. The molecule has 0 spiro atoms. The number of rotatable bonds is 7. The van der Waals surface area contributed by atoms with Crippen LogP contribution in [0.15, 0.2) is 24.5 Å². The van der Waals surface area contributed by atoms with Crippen LogP contribution in [0.3, 0.4) is 0 Å². The van der Waals surface area contributed by atoms with Crippen LogP contribution in [0.1, 0.15) is 5.56 Å². The van der Waals surface area contributed by atoms with Gasteiger partial charge in [-0.25, -0.2) is 9.78 Å². The van der Waals surface area contributed by atoms with Crippen molar-refractivity contribution in [3.63, 3.8) is 0 Å². The van der Waals surface area contributed by atoms with Gasteiger partial charge in [-0.1, -0.05) is 0 Å². The average Bonchev–Trinajstić information content (AvgIpc) is 3.10. The highest BCUT2D eigenvalue weighted by Gasteiger charge is 2.21. The zero-order chi connectivity index (χ0) is 21.8. The summed E-state index contributed by atoms with van der Waals surface area (Å²) < 4.78 is 12.1. The number of amides is 1. The van der Waals surface area contributed by atoms with Gasteiger partial charge in [0.2, 0.25) is 5.95 Å². The van der Waals surface area contributed by atoms with E-state index in [1.165, 1.54) is 41.0 Å². The Bertz CT molecular complexity index is 1100. The Labute approximate surface area is 169 Å². The molecule has 1 aromatic carbocycles. The molecule has 0 aliphatic rings. The van der Waals surface area contributed by atoms with Crippen LogP contribution in [0.5, 0.6) is 5.88 Å². The highest BCUT2D eigenvalue weighted by Crippen LogP contribution is 2.26. The molecule has 3 N–H and O–H groups in total. The van der Waals surface area contributed by atoms with E-state index in [1.54, 1.807) is 6.92 Å². The van der Waals surface area contributed by atoms with Crippen LogP contribution in [0.2, 0.25) is 0 Å². The van der Waals surface area contributed by atoms with Crippen molar-refractivity contribution in [2.75, 3.05) is 30.9 Å². The van der Waals surface area contributed by atoms with E-state index in [2.05, 4.69) is 15.0 Å². The molecule has 0 bridgehead atoms. The standard InChI is InChI=1S/C17H19N7O6/c1-10-7-11(24(27)28)3-4-12(10)22(2)17(26)30-15-13-14(20-16(18)21-15)23(8-19-13)9-29-6-5-25/h3-4,7-8,25H,5-6,9H2,1-2H3,(H2,18,20,21). The summed E-state index contributed by atoms with van der Waals surface area (Å²) in [6, 6.07) is 4.10. The first-order valence-electron chi connectivity index (χ1n) is 8.69. The minimum Gasteiger partial charge on any atom is -0.394 e. The average molecular weight is 417 g/mol. The van der Waals surface area contributed by atoms with Gasteiger partial charge in [-0.15, -0.1) is 0 Å². The lowest BCUT2D eigenvalue weighted by atomic mass is 10.1. The number of ether oxygens (including phenoxy) is 2. The molecule has 2 aromatic heterocycles. The number of hydrogen-bond acceptors (Lipinski definition) is 10. The molecule has 30 heavy (non-hydrogen) atoms. The maximum atomic E-state index is 12.6. The molecule has 3 rings (SSSR count). The largest absolute Gasteiger partial charge is 0.420 e. The second-order valence-corrected chi connectivity index (χ2v) is 6.19. The van der Waals surface area contributed by atoms with Crippen LogP contribution in [0.25, 0.3) is 11.2 Å². The molecule has 3 aromatic rings. The van der Waals surface area contributed by atoms with Crippen molar-refractivity contribution in [1.29, 1.82) is 0 Å². The number of nitro benzene ring substituents is 1. The Balaban J connectivity index is 1.85. The molecule has 0 atom stereocenters. The summed E-state index contributed by atoms with van der Waals surface area (Å²) in [5.74, 6) is -0.279. The number of anilines is 2. The predicted molar refractivity (Wildman–Crippen MR) is 105 cm³/mol. The van der Waals surface area contributed by atoms with Crippen LogP contribution in [0, 0.1) is 17.0 Å². The Morgan fingerprint density at radius 2 is 2.17 bits per heavy atom. The van der Waals surface area contributed by atoms with E-state index in [4.69, 9.17) is 20.3 Å². The maximum absolute atomic E-state index is 12.6. The van der Waals surface area contributed by atoms with Gasteiger partial charge in [-0.3, -0.25) is 19.6 Å². The smallest absolute Gasteiger partial charge is 0.394 e. The summed E-state index contributed by atoms with van der Waals surface area (Å²) in [5.41, 5.74) is 7.06. The SMILES string of the molecule is Cc1cc([N+](=O)[O-])ccc1N(C)C(=O)Oc1nc(N)nc2c1ncn2COCCO. The third-order valence-corrected chi connectivity index (χ3v) is 4.13. The lowest BCUT2D eigenvalue weighted by Crippen LogP contribution is -2.30. The van der Waals surface area contributed by atoms with Crippen molar-refractivity contribution < 1.29 is 24.3 Å². The normalized spacial score (nSPS) is 10.9. The lowest BCUT2D eigenvalue weighted by molar-refractivity contribution is -0.384. The van der Waals surface area contributed by atoms with E-state index in [0.29, 0.717) is 11.3 Å². The molecule has 0 fully saturated rings. The minimum absolute atomic E-state index is 0.0583. The fraction of sp³-hybridized carbons (Fsp3) is 0.294. The topological polar surface area (TPSA) is 172 Å². The van der Waals surface area contributed by atoms with E-state index in [-0.39, 0.29) is 48.6 Å². The summed E-state index contributed by atoms with van der Waals surface area (Å²) in [4.78, 5) is 36.4. The second-order valence-electron chi connectivity index (χ2n) is 6.19. The van der Waals surface area contributed by atoms with Crippen LogP contribution >= 0.6 is 0 Å². The highest BCUT2D eigenvalue weighted by atomic mass is 16.6. The number of nitro groups is 1. The quantitative estimate of drug-likeness (QED) is 0.323. The first kappa shape index (κ1) is 20.9. The van der Waals surface area contributed by atoms with Crippen LogP contribution in [-0.4, -0.2) is 55.9 Å². The Morgan fingerprint density at radius 3 is 2.83 bits per heavy atom. The molecular weight excluding hydrogens is 398 g/mol. The fourth-order valence-corrected chi connectivity index (χ4v) is 2.71. The van der Waals surface area contributed by atoms with Gasteiger partial charge in [-0.2, -0.15) is 9.97 Å². The number of aryl methyl sites for hydroxylation is 1. The van der Waals surface area contributed by atoms with Crippen molar-refractivity contribution in [2.24, 2.45) is 0 Å². The van der Waals surface area contributed by atoms with E-state index in [9.17, 15) is 14.9 Å². The first-order valence-corrected chi connectivity index (χ1v) is 8.69. The summed E-state index contributed by atoms with van der Waals surface area (Å²) in [6.45, 7) is 1.69. The van der Waals surface area contributed by atoms with Gasteiger partial charge < -0.3 is 20.3 Å². The van der Waals surface area contributed by atoms with Crippen molar-refractivity contribution in [3.8, 4) is 5.88 Å². The van der Waals surface area contributed by atoms with Gasteiger partial charge in [-0.05, 0) is 18.6 Å². The maximum Gasteiger partial charge on any atom is 0.420 e. The van der Waals surface area contributed by atoms with E-state index in [1.807, 2.05) is 0 Å². The van der Waals surface area contributed by atoms with Crippen molar-refractivity contribution in [2.45, 2.75) is 13.7 Å². The molecule has 0 radical (unpaired) electrons. The number of fused-ring (bicyclic) bond motifs is 1. The van der Waals surface area contributed by atoms with Crippen molar-refractivity contribution >= 4 is 34.6 Å². The number of hydrogen-bond donors (Lipinski definition) is 2. The Kier molecular flexibility index (Phi) is 6.03. The molecular formula is C17H19N7O6. The summed E-state index contributed by atoms with van der Waals surface area (Å²) >= 11 is 0. The molecule has 0 saturated heterocycles. The second kappa shape index (κ2) is 8.67.